The lowest BCUT2D eigenvalue weighted by Gasteiger charge is -2.12. The van der Waals surface area contributed by atoms with Crippen LogP contribution in [-0.4, -0.2) is 22.6 Å². The van der Waals surface area contributed by atoms with Gasteiger partial charge in [-0.15, -0.1) is 0 Å². The van der Waals surface area contributed by atoms with E-state index in [-0.39, 0.29) is 0 Å². The summed E-state index contributed by atoms with van der Waals surface area (Å²) >= 11 is 6.03. The molecule has 0 amide bonds. The minimum absolute atomic E-state index is 0.552. The number of nitrogens with one attached hydrogen (secondary N) is 1. The van der Waals surface area contributed by atoms with Gasteiger partial charge in [-0.2, -0.15) is 0 Å². The minimum Gasteiger partial charge on any atom is -0.316 e. The molecule has 1 N–H and O–H groups in total. The Bertz CT molecular complexity index is 515. The first kappa shape index (κ1) is 10.8. The van der Waals surface area contributed by atoms with E-state index >= 15 is 0 Å². The summed E-state index contributed by atoms with van der Waals surface area (Å²) in [5.41, 5.74) is 2.34. The molecule has 1 atom stereocenters. The predicted molar refractivity (Wildman–Crippen MR) is 68.8 cm³/mol. The lowest BCUT2D eigenvalue weighted by Crippen LogP contribution is -2.10. The molecule has 0 spiro atoms. The van der Waals surface area contributed by atoms with E-state index in [0.29, 0.717) is 5.92 Å². The highest BCUT2D eigenvalue weighted by Crippen LogP contribution is 2.25. The van der Waals surface area contributed by atoms with Gasteiger partial charge in [0.1, 0.15) is 0 Å². The van der Waals surface area contributed by atoms with Crippen LogP contribution in [0.5, 0.6) is 0 Å². The fourth-order valence-corrected chi connectivity index (χ4v) is 2.54. The molecule has 1 fully saturated rings. The summed E-state index contributed by atoms with van der Waals surface area (Å²) in [6.07, 6.45) is 4.99. The zero-order valence-electron chi connectivity index (χ0n) is 9.44. The first-order chi connectivity index (χ1) is 8.34. The normalized spacial score (nSPS) is 19.7. The highest BCUT2D eigenvalue weighted by Gasteiger charge is 2.20. The third kappa shape index (κ3) is 2.08. The first-order valence-corrected chi connectivity index (χ1v) is 6.21. The van der Waals surface area contributed by atoms with Gasteiger partial charge in [-0.25, -0.2) is 4.98 Å². The first-order valence-electron chi connectivity index (χ1n) is 5.83. The Balaban J connectivity index is 2.00. The standard InChI is InChI=1S/C13H14ClN3/c14-11-2-1-3-12(6-11)17-9-16-8-13(17)10-4-5-15-7-10/h1-3,6,8-10,15H,4-5,7H2. The quantitative estimate of drug-likeness (QED) is 0.884. The van der Waals surface area contributed by atoms with Crippen molar-refractivity contribution in [2.75, 3.05) is 13.1 Å². The van der Waals surface area contributed by atoms with Crippen molar-refractivity contribution < 1.29 is 0 Å². The Hall–Kier alpha value is -1.32. The number of rotatable bonds is 2. The minimum atomic E-state index is 0.552. The number of aromatic nitrogens is 2. The molecule has 3 nitrogen and oxygen atoms in total. The number of hydrogen-bond acceptors (Lipinski definition) is 2. The molecule has 2 heterocycles. The van der Waals surface area contributed by atoms with Crippen LogP contribution in [0.15, 0.2) is 36.8 Å². The van der Waals surface area contributed by atoms with Gasteiger partial charge in [0.25, 0.3) is 0 Å². The van der Waals surface area contributed by atoms with Crippen molar-refractivity contribution in [2.45, 2.75) is 12.3 Å². The molecule has 1 aromatic heterocycles. The third-order valence-corrected chi connectivity index (χ3v) is 3.47. The van der Waals surface area contributed by atoms with Crippen molar-refractivity contribution in [1.82, 2.24) is 14.9 Å². The second-order valence-corrected chi connectivity index (χ2v) is 4.79. The fraction of sp³-hybridized carbons (Fsp3) is 0.308. The molecule has 1 aromatic carbocycles. The lowest BCUT2D eigenvalue weighted by molar-refractivity contribution is 0.714. The maximum atomic E-state index is 6.03. The molecule has 1 saturated heterocycles. The van der Waals surface area contributed by atoms with Crippen LogP contribution >= 0.6 is 11.6 Å². The summed E-state index contributed by atoms with van der Waals surface area (Å²) < 4.78 is 2.13. The van der Waals surface area contributed by atoms with Crippen LogP contribution in [0.3, 0.4) is 0 Å². The van der Waals surface area contributed by atoms with Gasteiger partial charge in [-0.1, -0.05) is 17.7 Å². The Morgan fingerprint density at radius 3 is 3.12 bits per heavy atom. The van der Waals surface area contributed by atoms with Crippen LogP contribution < -0.4 is 5.32 Å². The molecule has 17 heavy (non-hydrogen) atoms. The van der Waals surface area contributed by atoms with Gasteiger partial charge >= 0.3 is 0 Å². The topological polar surface area (TPSA) is 29.9 Å². The summed E-state index contributed by atoms with van der Waals surface area (Å²) in [5.74, 6) is 0.552. The third-order valence-electron chi connectivity index (χ3n) is 3.23. The maximum absolute atomic E-state index is 6.03. The van der Waals surface area contributed by atoms with Gasteiger partial charge in [0.05, 0.1) is 6.33 Å². The monoisotopic (exact) mass is 247 g/mol. The van der Waals surface area contributed by atoms with Crippen LogP contribution in [0, 0.1) is 0 Å². The van der Waals surface area contributed by atoms with Crippen LogP contribution in [0.2, 0.25) is 5.02 Å². The van der Waals surface area contributed by atoms with Gasteiger partial charge in [0.15, 0.2) is 0 Å². The van der Waals surface area contributed by atoms with E-state index in [1.807, 2.05) is 30.7 Å². The summed E-state index contributed by atoms with van der Waals surface area (Å²) in [6.45, 7) is 2.12. The molecule has 0 radical (unpaired) electrons. The largest absolute Gasteiger partial charge is 0.316 e. The van der Waals surface area contributed by atoms with Crippen molar-refractivity contribution in [3.8, 4) is 5.69 Å². The summed E-state index contributed by atoms with van der Waals surface area (Å²) in [6, 6.07) is 7.88. The molecule has 2 aromatic rings. The second kappa shape index (κ2) is 4.51. The molecule has 0 saturated carbocycles. The van der Waals surface area contributed by atoms with Crippen LogP contribution in [0.1, 0.15) is 18.0 Å². The van der Waals surface area contributed by atoms with E-state index in [4.69, 9.17) is 11.6 Å². The van der Waals surface area contributed by atoms with E-state index in [9.17, 15) is 0 Å². The highest BCUT2D eigenvalue weighted by molar-refractivity contribution is 6.30. The van der Waals surface area contributed by atoms with Gasteiger partial charge in [0, 0.05) is 35.1 Å². The Labute approximate surface area is 105 Å². The molecule has 1 aliphatic heterocycles. The Kier molecular flexibility index (Phi) is 2.87. The molecule has 1 unspecified atom stereocenters. The molecule has 3 rings (SSSR count). The second-order valence-electron chi connectivity index (χ2n) is 4.36. The van der Waals surface area contributed by atoms with Crippen molar-refractivity contribution in [3.63, 3.8) is 0 Å². The fourth-order valence-electron chi connectivity index (χ4n) is 2.36. The van der Waals surface area contributed by atoms with Crippen molar-refractivity contribution in [3.05, 3.63) is 47.5 Å². The molecule has 0 aliphatic carbocycles. The van der Waals surface area contributed by atoms with Crippen LogP contribution in [0.25, 0.3) is 5.69 Å². The molecular weight excluding hydrogens is 234 g/mol. The number of hydrogen-bond donors (Lipinski definition) is 1. The van der Waals surface area contributed by atoms with Gasteiger partial charge in [-0.3, -0.25) is 0 Å². The van der Waals surface area contributed by atoms with Crippen molar-refractivity contribution in [2.24, 2.45) is 0 Å². The summed E-state index contributed by atoms with van der Waals surface area (Å²) in [4.78, 5) is 4.26. The van der Waals surface area contributed by atoms with E-state index < -0.39 is 0 Å². The predicted octanol–water partition coefficient (Wildman–Crippen LogP) is 2.60. The van der Waals surface area contributed by atoms with Gasteiger partial charge in [0.2, 0.25) is 0 Å². The summed E-state index contributed by atoms with van der Waals surface area (Å²) in [5, 5.41) is 4.14. The van der Waals surface area contributed by atoms with E-state index in [0.717, 1.165) is 23.8 Å². The average molecular weight is 248 g/mol. The van der Waals surface area contributed by atoms with Crippen LogP contribution in [0.4, 0.5) is 0 Å². The van der Waals surface area contributed by atoms with Gasteiger partial charge < -0.3 is 9.88 Å². The molecule has 0 bridgehead atoms. The average Bonchev–Trinajstić information content (AvgIpc) is 3.00. The number of halogens is 1. The number of nitrogens with zero attached hydrogens (tertiary/aromatic N) is 2. The smallest absolute Gasteiger partial charge is 0.0994 e. The van der Waals surface area contributed by atoms with Gasteiger partial charge in [-0.05, 0) is 31.2 Å². The zero-order valence-corrected chi connectivity index (χ0v) is 10.2. The van der Waals surface area contributed by atoms with Crippen molar-refractivity contribution >= 4 is 11.6 Å². The van der Waals surface area contributed by atoms with E-state index in [1.54, 1.807) is 0 Å². The van der Waals surface area contributed by atoms with E-state index in [2.05, 4.69) is 20.9 Å². The number of benzene rings is 1. The number of imidazole rings is 1. The van der Waals surface area contributed by atoms with Crippen LogP contribution in [-0.2, 0) is 0 Å². The molecule has 4 heteroatoms. The molecular formula is C13H14ClN3. The highest BCUT2D eigenvalue weighted by atomic mass is 35.5. The van der Waals surface area contributed by atoms with Crippen molar-refractivity contribution in [1.29, 1.82) is 0 Å². The maximum Gasteiger partial charge on any atom is 0.0994 e. The summed E-state index contributed by atoms with van der Waals surface area (Å²) in [7, 11) is 0. The molecule has 1 aliphatic rings. The lowest BCUT2D eigenvalue weighted by atomic mass is 10.1. The Morgan fingerprint density at radius 1 is 1.41 bits per heavy atom. The zero-order chi connectivity index (χ0) is 11.7. The molecule has 88 valence electrons. The SMILES string of the molecule is Clc1cccc(-n2cncc2C2CCNC2)c1. The van der Waals surface area contributed by atoms with E-state index in [1.165, 1.54) is 12.1 Å². The Morgan fingerprint density at radius 2 is 2.35 bits per heavy atom.